The molecule has 2 rings (SSSR count). The van der Waals surface area contributed by atoms with E-state index in [0.29, 0.717) is 11.8 Å². The second kappa shape index (κ2) is 7.40. The van der Waals surface area contributed by atoms with E-state index in [9.17, 15) is 0 Å². The number of hydrogen-bond acceptors (Lipinski definition) is 3. The lowest BCUT2D eigenvalue weighted by Gasteiger charge is -2.50. The summed E-state index contributed by atoms with van der Waals surface area (Å²) >= 11 is 0. The van der Waals surface area contributed by atoms with Crippen molar-refractivity contribution >= 4 is 35.8 Å². The normalized spacial score (nSPS) is 24.1. The van der Waals surface area contributed by atoms with Crippen LogP contribution in [0.3, 0.4) is 0 Å². The highest BCUT2D eigenvalue weighted by Gasteiger charge is 2.49. The summed E-state index contributed by atoms with van der Waals surface area (Å²) in [5, 5.41) is 3.01. The van der Waals surface area contributed by atoms with Crippen molar-refractivity contribution in [3.63, 3.8) is 0 Å². The van der Waals surface area contributed by atoms with Gasteiger partial charge in [-0.1, -0.05) is 19.9 Å². The average molecular weight is 404 g/mol. The second-order valence-electron chi connectivity index (χ2n) is 6.10. The van der Waals surface area contributed by atoms with Gasteiger partial charge in [-0.25, -0.2) is 9.98 Å². The fraction of sp³-hybridized carbons (Fsp3) is 0.600. The number of hydrogen-bond donors (Lipinski definition) is 2. The summed E-state index contributed by atoms with van der Waals surface area (Å²) in [5.41, 5.74) is 5.96. The highest BCUT2D eigenvalue weighted by molar-refractivity contribution is 14.0. The first kappa shape index (κ1) is 18.2. The van der Waals surface area contributed by atoms with Gasteiger partial charge in [0.05, 0.1) is 18.2 Å². The van der Waals surface area contributed by atoms with Gasteiger partial charge in [-0.3, -0.25) is 0 Å². The molecular weight excluding hydrogens is 379 g/mol. The number of nitrogens with two attached hydrogens (primary N) is 1. The number of guanidine groups is 1. The molecule has 118 valence electrons. The predicted octanol–water partition coefficient (Wildman–Crippen LogP) is 3.02. The van der Waals surface area contributed by atoms with Gasteiger partial charge in [0.2, 0.25) is 0 Å². The van der Waals surface area contributed by atoms with Crippen LogP contribution in [0.2, 0.25) is 0 Å². The van der Waals surface area contributed by atoms with Crippen LogP contribution >= 0.6 is 24.0 Å². The van der Waals surface area contributed by atoms with Crippen molar-refractivity contribution in [3.8, 4) is 0 Å². The minimum absolute atomic E-state index is 0. The predicted molar refractivity (Wildman–Crippen MR) is 97.1 cm³/mol. The Morgan fingerprint density at radius 2 is 2.19 bits per heavy atom. The lowest BCUT2D eigenvalue weighted by molar-refractivity contribution is -0.129. The first-order valence-corrected chi connectivity index (χ1v) is 7.06. The molecule has 0 spiro atoms. The smallest absolute Gasteiger partial charge is 0.194 e. The third-order valence-electron chi connectivity index (χ3n) is 3.78. The number of halogens is 1. The van der Waals surface area contributed by atoms with Crippen molar-refractivity contribution in [1.82, 2.24) is 4.98 Å². The standard InChI is InChI=1S/C15H24N4O.HI/c1-10(2)20-12-9-11(15(12,3)4)18-14(16)19-13-7-5-6-8-17-13;/h5-8,10-12H,9H2,1-4H3,(H3,16,17,18,19);1H. The van der Waals surface area contributed by atoms with Crippen LogP contribution in [0.5, 0.6) is 0 Å². The van der Waals surface area contributed by atoms with Gasteiger partial charge >= 0.3 is 0 Å². The molecule has 1 aliphatic rings. The van der Waals surface area contributed by atoms with Crippen molar-refractivity contribution in [2.24, 2.45) is 16.1 Å². The highest BCUT2D eigenvalue weighted by atomic mass is 127. The lowest BCUT2D eigenvalue weighted by atomic mass is 9.64. The SMILES string of the molecule is CC(C)OC1CC(N=C(N)Nc2ccccn2)C1(C)C.I. The van der Waals surface area contributed by atoms with Crippen LogP contribution in [0, 0.1) is 5.41 Å². The van der Waals surface area contributed by atoms with E-state index in [0.717, 1.165) is 6.42 Å². The molecule has 1 aliphatic carbocycles. The Morgan fingerprint density at radius 3 is 2.71 bits per heavy atom. The van der Waals surface area contributed by atoms with E-state index in [1.165, 1.54) is 0 Å². The molecule has 5 nitrogen and oxygen atoms in total. The molecule has 0 radical (unpaired) electrons. The van der Waals surface area contributed by atoms with Crippen LogP contribution in [-0.2, 0) is 4.74 Å². The fourth-order valence-corrected chi connectivity index (χ4v) is 2.41. The molecule has 0 bridgehead atoms. The van der Waals surface area contributed by atoms with Crippen LogP contribution < -0.4 is 11.1 Å². The van der Waals surface area contributed by atoms with E-state index < -0.39 is 0 Å². The van der Waals surface area contributed by atoms with E-state index in [1.54, 1.807) is 6.20 Å². The fourth-order valence-electron chi connectivity index (χ4n) is 2.41. The molecule has 0 aliphatic heterocycles. The molecule has 1 saturated carbocycles. The summed E-state index contributed by atoms with van der Waals surface area (Å²) in [4.78, 5) is 8.72. The molecule has 1 aromatic heterocycles. The van der Waals surface area contributed by atoms with Crippen LogP contribution in [-0.4, -0.2) is 29.2 Å². The molecule has 2 atom stereocenters. The first-order chi connectivity index (χ1) is 9.39. The molecule has 2 unspecified atom stereocenters. The van der Waals surface area contributed by atoms with E-state index in [4.69, 9.17) is 10.5 Å². The van der Waals surface area contributed by atoms with Crippen molar-refractivity contribution in [1.29, 1.82) is 0 Å². The van der Waals surface area contributed by atoms with Gasteiger partial charge in [-0.2, -0.15) is 0 Å². The summed E-state index contributed by atoms with van der Waals surface area (Å²) < 4.78 is 5.89. The molecule has 1 heterocycles. The largest absolute Gasteiger partial charge is 0.375 e. The zero-order chi connectivity index (χ0) is 14.8. The Bertz CT molecular complexity index is 476. The Labute approximate surface area is 143 Å². The molecule has 1 fully saturated rings. The summed E-state index contributed by atoms with van der Waals surface area (Å²) in [6.45, 7) is 8.46. The number of aromatic nitrogens is 1. The quantitative estimate of drug-likeness (QED) is 0.460. The van der Waals surface area contributed by atoms with Gasteiger partial charge in [0.15, 0.2) is 5.96 Å². The summed E-state index contributed by atoms with van der Waals surface area (Å²) in [6, 6.07) is 5.81. The second-order valence-corrected chi connectivity index (χ2v) is 6.10. The number of rotatable bonds is 4. The Hall–Kier alpha value is -0.890. The number of anilines is 1. The first-order valence-electron chi connectivity index (χ1n) is 7.06. The highest BCUT2D eigenvalue weighted by Crippen LogP contribution is 2.45. The van der Waals surface area contributed by atoms with E-state index in [2.05, 4.69) is 43.0 Å². The van der Waals surface area contributed by atoms with Gasteiger partial charge in [-0.15, -0.1) is 24.0 Å². The van der Waals surface area contributed by atoms with Crippen molar-refractivity contribution < 1.29 is 4.74 Å². The molecule has 21 heavy (non-hydrogen) atoms. The van der Waals surface area contributed by atoms with E-state index >= 15 is 0 Å². The topological polar surface area (TPSA) is 72.5 Å². The molecule has 0 amide bonds. The van der Waals surface area contributed by atoms with Gasteiger partial charge in [-0.05, 0) is 32.4 Å². The number of aliphatic imine (C=N–C) groups is 1. The maximum atomic E-state index is 5.94. The third kappa shape index (κ3) is 4.54. The van der Waals surface area contributed by atoms with E-state index in [-0.39, 0.29) is 47.6 Å². The molecule has 1 aromatic rings. The van der Waals surface area contributed by atoms with Crippen LogP contribution in [0.1, 0.15) is 34.1 Å². The van der Waals surface area contributed by atoms with Gasteiger partial charge in [0.25, 0.3) is 0 Å². The Kier molecular flexibility index (Phi) is 6.40. The maximum absolute atomic E-state index is 5.94. The number of pyridine rings is 1. The zero-order valence-electron chi connectivity index (χ0n) is 13.0. The molecule has 0 aromatic carbocycles. The average Bonchev–Trinajstić information content (AvgIpc) is 2.38. The van der Waals surface area contributed by atoms with Crippen molar-refractivity contribution in [2.45, 2.75) is 52.4 Å². The Morgan fingerprint density at radius 1 is 1.48 bits per heavy atom. The van der Waals surface area contributed by atoms with Crippen LogP contribution in [0.25, 0.3) is 0 Å². The summed E-state index contributed by atoms with van der Waals surface area (Å²) in [6.07, 6.45) is 3.12. The van der Waals surface area contributed by atoms with Gasteiger partial charge in [0, 0.05) is 11.6 Å². The molecule has 6 heteroatoms. The number of nitrogens with zero attached hydrogens (tertiary/aromatic N) is 2. The number of nitrogens with one attached hydrogen (secondary N) is 1. The van der Waals surface area contributed by atoms with Gasteiger partial charge in [0.1, 0.15) is 5.82 Å². The van der Waals surface area contributed by atoms with Crippen molar-refractivity contribution in [2.75, 3.05) is 5.32 Å². The van der Waals surface area contributed by atoms with Crippen molar-refractivity contribution in [3.05, 3.63) is 24.4 Å². The van der Waals surface area contributed by atoms with E-state index in [1.807, 2.05) is 18.2 Å². The van der Waals surface area contributed by atoms with Crippen LogP contribution in [0.15, 0.2) is 29.4 Å². The molecular formula is C15H25IN4O. The molecule has 0 saturated heterocycles. The minimum atomic E-state index is 0. The monoisotopic (exact) mass is 404 g/mol. The minimum Gasteiger partial charge on any atom is -0.375 e. The summed E-state index contributed by atoms with van der Waals surface area (Å²) in [5.74, 6) is 1.12. The lowest BCUT2D eigenvalue weighted by Crippen LogP contribution is -2.55. The zero-order valence-corrected chi connectivity index (χ0v) is 15.4. The third-order valence-corrected chi connectivity index (χ3v) is 3.78. The molecule has 3 N–H and O–H groups in total. The summed E-state index contributed by atoms with van der Waals surface area (Å²) in [7, 11) is 0. The maximum Gasteiger partial charge on any atom is 0.194 e. The van der Waals surface area contributed by atoms with Crippen LogP contribution in [0.4, 0.5) is 5.82 Å². The number of ether oxygens (including phenoxy) is 1. The van der Waals surface area contributed by atoms with Gasteiger partial charge < -0.3 is 15.8 Å². The Balaban J connectivity index is 0.00000220.